The van der Waals surface area contributed by atoms with Gasteiger partial charge in [0.15, 0.2) is 0 Å². The summed E-state index contributed by atoms with van der Waals surface area (Å²) in [5, 5.41) is 11.1. The highest BCUT2D eigenvalue weighted by molar-refractivity contribution is 9.11. The molecule has 0 aliphatic heterocycles. The van der Waals surface area contributed by atoms with Crippen LogP contribution in [-0.2, 0) is 0 Å². The van der Waals surface area contributed by atoms with Crippen LogP contribution in [0, 0.1) is 6.92 Å². The van der Waals surface area contributed by atoms with Gasteiger partial charge in [0.1, 0.15) is 6.10 Å². The summed E-state index contributed by atoms with van der Waals surface area (Å²) in [5.41, 5.74) is 2.65. The molecule has 0 spiro atoms. The number of aliphatic hydroxyl groups is 1. The van der Waals surface area contributed by atoms with Crippen molar-refractivity contribution in [1.29, 1.82) is 0 Å². The van der Waals surface area contributed by atoms with Gasteiger partial charge in [-0.1, -0.05) is 59.4 Å². The van der Waals surface area contributed by atoms with Crippen LogP contribution < -0.4 is 0 Å². The first-order valence-electron chi connectivity index (χ1n) is 5.48. The van der Waals surface area contributed by atoms with Crippen LogP contribution in [0.3, 0.4) is 0 Å². The highest BCUT2D eigenvalue weighted by Gasteiger charge is 2.16. The summed E-state index contributed by atoms with van der Waals surface area (Å²) < 4.78 is 2.68. The normalized spacial score (nSPS) is 12.5. The molecule has 1 atom stereocenters. The second-order valence-corrected chi connectivity index (χ2v) is 7.29. The number of halogens is 4. The van der Waals surface area contributed by atoms with Crippen molar-refractivity contribution in [2.75, 3.05) is 0 Å². The summed E-state index contributed by atoms with van der Waals surface area (Å²) in [6.45, 7) is 2.00. The van der Waals surface area contributed by atoms with Gasteiger partial charge in [-0.2, -0.15) is 0 Å². The van der Waals surface area contributed by atoms with Crippen molar-refractivity contribution >= 4 is 59.4 Å². The molecule has 19 heavy (non-hydrogen) atoms. The first-order valence-corrected chi connectivity index (χ1v) is 8.24. The van der Waals surface area contributed by atoms with Crippen LogP contribution >= 0.6 is 59.4 Å². The third kappa shape index (κ3) is 3.61. The number of hydrogen-bond acceptors (Lipinski definition) is 1. The van der Waals surface area contributed by atoms with E-state index in [1.807, 2.05) is 25.1 Å². The van der Waals surface area contributed by atoms with Crippen LogP contribution in [0.25, 0.3) is 0 Å². The van der Waals surface area contributed by atoms with Gasteiger partial charge in [0.25, 0.3) is 0 Å². The van der Waals surface area contributed by atoms with Gasteiger partial charge in [0, 0.05) is 24.0 Å². The maximum atomic E-state index is 10.5. The molecule has 2 aromatic rings. The van der Waals surface area contributed by atoms with Crippen molar-refractivity contribution < 1.29 is 5.11 Å². The third-order valence-corrected chi connectivity index (χ3v) is 4.99. The molecule has 0 amide bonds. The molecule has 2 aromatic carbocycles. The van der Waals surface area contributed by atoms with Crippen LogP contribution in [-0.4, -0.2) is 5.11 Å². The molecule has 1 nitrogen and oxygen atoms in total. The molecule has 0 saturated carbocycles. The minimum absolute atomic E-state index is 0.589. The maximum Gasteiger partial charge on any atom is 0.105 e. The smallest absolute Gasteiger partial charge is 0.105 e. The standard InChI is InChI=1S/C14H10Br3ClO/c1-7-2-13(17)11(6-12(7)16)14(19)8-3-9(15)5-10(18)4-8/h2-6,14,19H,1H3. The lowest BCUT2D eigenvalue weighted by atomic mass is 10.0. The largest absolute Gasteiger partial charge is 0.384 e. The molecule has 100 valence electrons. The first kappa shape index (κ1) is 15.5. The average molecular weight is 469 g/mol. The molecule has 1 unspecified atom stereocenters. The summed E-state index contributed by atoms with van der Waals surface area (Å²) in [7, 11) is 0. The van der Waals surface area contributed by atoms with Gasteiger partial charge in [0.2, 0.25) is 0 Å². The molecule has 0 radical (unpaired) electrons. The zero-order valence-corrected chi connectivity index (χ0v) is 15.4. The van der Waals surface area contributed by atoms with Crippen molar-refractivity contribution in [3.05, 3.63) is 65.5 Å². The monoisotopic (exact) mass is 466 g/mol. The SMILES string of the molecule is Cc1cc(Br)c(C(O)c2cc(Cl)cc(Br)c2)cc1Br. The van der Waals surface area contributed by atoms with Gasteiger partial charge < -0.3 is 5.11 Å². The van der Waals surface area contributed by atoms with Crippen LogP contribution in [0.15, 0.2) is 43.7 Å². The van der Waals surface area contributed by atoms with Gasteiger partial charge in [-0.05, 0) is 48.4 Å². The molecule has 1 N–H and O–H groups in total. The van der Waals surface area contributed by atoms with E-state index in [2.05, 4.69) is 47.8 Å². The lowest BCUT2D eigenvalue weighted by Crippen LogP contribution is -2.01. The Labute approximate surface area is 142 Å². The molecular formula is C14H10Br3ClO. The zero-order chi connectivity index (χ0) is 14.2. The Morgan fingerprint density at radius 2 is 1.68 bits per heavy atom. The van der Waals surface area contributed by atoms with Crippen molar-refractivity contribution in [3.63, 3.8) is 0 Å². The van der Waals surface area contributed by atoms with Gasteiger partial charge >= 0.3 is 0 Å². The van der Waals surface area contributed by atoms with E-state index >= 15 is 0 Å². The minimum atomic E-state index is -0.735. The predicted molar refractivity (Wildman–Crippen MR) is 89.8 cm³/mol. The van der Waals surface area contributed by atoms with Gasteiger partial charge in [-0.25, -0.2) is 0 Å². The summed E-state index contributed by atoms with van der Waals surface area (Å²) >= 11 is 16.4. The molecule has 2 rings (SSSR count). The van der Waals surface area contributed by atoms with Crippen molar-refractivity contribution in [3.8, 4) is 0 Å². The fraction of sp³-hybridized carbons (Fsp3) is 0.143. The van der Waals surface area contributed by atoms with Crippen LogP contribution in [0.2, 0.25) is 5.02 Å². The Morgan fingerprint density at radius 3 is 2.32 bits per heavy atom. The summed E-state index contributed by atoms with van der Waals surface area (Å²) in [5.74, 6) is 0. The molecule has 0 saturated heterocycles. The average Bonchev–Trinajstić information content (AvgIpc) is 2.31. The number of benzene rings is 2. The Morgan fingerprint density at radius 1 is 1.00 bits per heavy atom. The van der Waals surface area contributed by atoms with E-state index in [9.17, 15) is 5.11 Å². The van der Waals surface area contributed by atoms with E-state index in [-0.39, 0.29) is 0 Å². The second-order valence-electron chi connectivity index (χ2n) is 4.23. The molecule has 5 heteroatoms. The summed E-state index contributed by atoms with van der Waals surface area (Å²) in [6, 6.07) is 9.30. The van der Waals surface area contributed by atoms with E-state index < -0.39 is 6.10 Å². The van der Waals surface area contributed by atoms with Gasteiger partial charge in [-0.3, -0.25) is 0 Å². The highest BCUT2D eigenvalue weighted by Crippen LogP contribution is 2.34. The fourth-order valence-electron chi connectivity index (χ4n) is 1.78. The van der Waals surface area contributed by atoms with Crippen molar-refractivity contribution in [2.24, 2.45) is 0 Å². The van der Waals surface area contributed by atoms with E-state index in [1.165, 1.54) is 0 Å². The molecule has 0 heterocycles. The second kappa shape index (κ2) is 6.27. The lowest BCUT2D eigenvalue weighted by molar-refractivity contribution is 0.219. The van der Waals surface area contributed by atoms with Crippen molar-refractivity contribution in [2.45, 2.75) is 13.0 Å². The fourth-order valence-corrected chi connectivity index (χ4v) is 3.71. The quantitative estimate of drug-likeness (QED) is 0.571. The molecule has 0 aliphatic carbocycles. The minimum Gasteiger partial charge on any atom is -0.384 e. The number of aliphatic hydroxyl groups excluding tert-OH is 1. The Balaban J connectivity index is 2.49. The van der Waals surface area contributed by atoms with Gasteiger partial charge in [0.05, 0.1) is 0 Å². The predicted octanol–water partition coefficient (Wildman–Crippen LogP) is 6.02. The van der Waals surface area contributed by atoms with Crippen LogP contribution in [0.5, 0.6) is 0 Å². The molecule has 0 aliphatic rings. The summed E-state index contributed by atoms with van der Waals surface area (Å²) in [4.78, 5) is 0. The van der Waals surface area contributed by atoms with Crippen LogP contribution in [0.1, 0.15) is 22.8 Å². The Bertz CT molecular complexity index is 608. The molecule has 0 aromatic heterocycles. The third-order valence-electron chi connectivity index (χ3n) is 2.77. The first-order chi connectivity index (χ1) is 8.88. The van der Waals surface area contributed by atoms with Crippen LogP contribution in [0.4, 0.5) is 0 Å². The molecular weight excluding hydrogens is 459 g/mol. The molecule has 0 fully saturated rings. The Kier molecular flexibility index (Phi) is 5.12. The molecule has 0 bridgehead atoms. The van der Waals surface area contributed by atoms with E-state index in [1.54, 1.807) is 12.1 Å². The number of hydrogen-bond donors (Lipinski definition) is 1. The summed E-state index contributed by atoms with van der Waals surface area (Å²) in [6.07, 6.45) is -0.735. The van der Waals surface area contributed by atoms with E-state index in [0.717, 1.165) is 30.1 Å². The highest BCUT2D eigenvalue weighted by atomic mass is 79.9. The lowest BCUT2D eigenvalue weighted by Gasteiger charge is -2.15. The topological polar surface area (TPSA) is 20.2 Å². The van der Waals surface area contributed by atoms with E-state index in [0.29, 0.717) is 5.02 Å². The maximum absolute atomic E-state index is 10.5. The van der Waals surface area contributed by atoms with Crippen molar-refractivity contribution in [1.82, 2.24) is 0 Å². The Hall–Kier alpha value is 0.130. The van der Waals surface area contributed by atoms with E-state index in [4.69, 9.17) is 11.6 Å². The van der Waals surface area contributed by atoms with Gasteiger partial charge in [-0.15, -0.1) is 0 Å². The zero-order valence-electron chi connectivity index (χ0n) is 9.92. The number of rotatable bonds is 2. The number of aryl methyl sites for hydroxylation is 1.